The molecule has 148 valence electrons. The molecule has 28 heavy (non-hydrogen) atoms. The zero-order chi connectivity index (χ0) is 21.3. The molecule has 6 nitrogen and oxygen atoms in total. The molecule has 0 unspecified atom stereocenters. The number of carboxylic acids is 1. The Kier molecular flexibility index (Phi) is 8.30. The molecule has 8 heteroatoms. The van der Waals surface area contributed by atoms with Crippen LogP contribution < -0.4 is 5.32 Å². The first kappa shape index (κ1) is 22.8. The molecular weight excluding hydrogens is 372 g/mol. The number of carboxylic acid groups (broad SMARTS) is 1. The van der Waals surface area contributed by atoms with Crippen LogP contribution in [0.5, 0.6) is 0 Å². The number of amides is 1. The van der Waals surface area contributed by atoms with Gasteiger partial charge in [-0.3, -0.25) is 14.4 Å². The molecule has 0 bridgehead atoms. The molecule has 0 heterocycles. The molecule has 0 aromatic heterocycles. The molecule has 1 rings (SSSR count). The Morgan fingerprint density at radius 1 is 1.18 bits per heavy atom. The number of benzene rings is 1. The molecule has 0 spiro atoms. The van der Waals surface area contributed by atoms with E-state index in [1.165, 1.54) is 24.3 Å². The first-order valence-corrected chi connectivity index (χ1v) is 8.18. The Morgan fingerprint density at radius 3 is 2.29 bits per heavy atom. The average Bonchev–Trinajstić information content (AvgIpc) is 2.62. The number of hydrogen-bond acceptors (Lipinski definition) is 4. The van der Waals surface area contributed by atoms with Gasteiger partial charge in [0.25, 0.3) is 12.3 Å². The van der Waals surface area contributed by atoms with Crippen LogP contribution in [-0.4, -0.2) is 45.9 Å². The normalized spacial score (nSPS) is 13.2. The number of aliphatic carboxylic acids is 1. The predicted octanol–water partition coefficient (Wildman–Crippen LogP) is 1.61. The minimum Gasteiger partial charge on any atom is -0.481 e. The number of Topliss-reactive ketones (excluding diaryl/α,β-unsaturated/α-hetero) is 1. The highest BCUT2D eigenvalue weighted by atomic mass is 19.3. The van der Waals surface area contributed by atoms with Crippen molar-refractivity contribution >= 4 is 17.7 Å². The van der Waals surface area contributed by atoms with Gasteiger partial charge < -0.3 is 15.5 Å². The van der Waals surface area contributed by atoms with Crippen molar-refractivity contribution < 1.29 is 33.4 Å². The number of nitrogens with one attached hydrogen (secondary N) is 1. The smallest absolute Gasteiger partial charge is 0.304 e. The number of alkyl halides is 2. The van der Waals surface area contributed by atoms with Crippen LogP contribution in [0, 0.1) is 23.7 Å². The molecule has 0 saturated heterocycles. The highest BCUT2D eigenvalue weighted by Crippen LogP contribution is 2.21. The summed E-state index contributed by atoms with van der Waals surface area (Å²) in [6.07, 6.45) is -3.11. The van der Waals surface area contributed by atoms with Gasteiger partial charge in [0.2, 0.25) is 0 Å². The first-order chi connectivity index (χ1) is 13.1. The molecule has 0 aliphatic carbocycles. The zero-order valence-electron chi connectivity index (χ0n) is 15.3. The standard InChI is InChI=1S/C20H19F2NO5/c1-13(24)17(20(2,28)19(21)22)23-18(27)15-11-9-14(10-12-15)7-5-3-4-6-8-16(25)26/h9-12,17,19,28H,6,8H2,1-2H3,(H,23,27)(H,25,26)/t17-,20+/m1/s1. The van der Waals surface area contributed by atoms with Crippen LogP contribution in [0.4, 0.5) is 8.78 Å². The molecule has 2 atom stereocenters. The molecule has 3 N–H and O–H groups in total. The molecule has 0 aliphatic heterocycles. The summed E-state index contributed by atoms with van der Waals surface area (Å²) in [6.45, 7) is 1.78. The van der Waals surface area contributed by atoms with E-state index in [2.05, 4.69) is 29.0 Å². The number of carbonyl (C=O) groups is 3. The van der Waals surface area contributed by atoms with Crippen molar-refractivity contribution in [2.45, 2.75) is 44.8 Å². The fourth-order valence-electron chi connectivity index (χ4n) is 2.08. The lowest BCUT2D eigenvalue weighted by Gasteiger charge is -2.30. The highest BCUT2D eigenvalue weighted by molar-refractivity contribution is 5.98. The number of aliphatic hydroxyl groups is 1. The lowest BCUT2D eigenvalue weighted by atomic mass is 9.93. The zero-order valence-corrected chi connectivity index (χ0v) is 15.3. The van der Waals surface area contributed by atoms with Gasteiger partial charge in [-0.05, 0) is 50.0 Å². The van der Waals surface area contributed by atoms with Gasteiger partial charge in [0.1, 0.15) is 11.6 Å². The van der Waals surface area contributed by atoms with E-state index in [0.717, 1.165) is 13.8 Å². The third-order valence-electron chi connectivity index (χ3n) is 3.68. The van der Waals surface area contributed by atoms with Crippen LogP contribution in [0.2, 0.25) is 0 Å². The van der Waals surface area contributed by atoms with Gasteiger partial charge in [-0.2, -0.15) is 0 Å². The molecule has 1 amide bonds. The minimum absolute atomic E-state index is 0.0712. The van der Waals surface area contributed by atoms with E-state index in [0.29, 0.717) is 5.56 Å². The summed E-state index contributed by atoms with van der Waals surface area (Å²) in [5, 5.41) is 20.4. The van der Waals surface area contributed by atoms with Crippen molar-refractivity contribution in [1.82, 2.24) is 5.32 Å². The second kappa shape index (κ2) is 10.2. The summed E-state index contributed by atoms with van der Waals surface area (Å²) in [4.78, 5) is 34.1. The van der Waals surface area contributed by atoms with Gasteiger partial charge in [0.05, 0.1) is 6.42 Å². The lowest BCUT2D eigenvalue weighted by Crippen LogP contribution is -2.58. The average molecular weight is 391 g/mol. The van der Waals surface area contributed by atoms with Gasteiger partial charge in [-0.15, -0.1) is 0 Å². The largest absolute Gasteiger partial charge is 0.481 e. The fraction of sp³-hybridized carbons (Fsp3) is 0.350. The minimum atomic E-state index is -3.23. The van der Waals surface area contributed by atoms with Crippen molar-refractivity contribution in [2.75, 3.05) is 0 Å². The molecule has 0 aliphatic rings. The van der Waals surface area contributed by atoms with E-state index in [9.17, 15) is 28.3 Å². The maximum Gasteiger partial charge on any atom is 0.304 e. The number of carbonyl (C=O) groups excluding carboxylic acids is 2. The predicted molar refractivity (Wildman–Crippen MR) is 96.5 cm³/mol. The van der Waals surface area contributed by atoms with Crippen LogP contribution in [-0.2, 0) is 9.59 Å². The van der Waals surface area contributed by atoms with Crippen LogP contribution in [0.15, 0.2) is 24.3 Å². The summed E-state index contributed by atoms with van der Waals surface area (Å²) >= 11 is 0. The molecule has 0 radical (unpaired) electrons. The van der Waals surface area contributed by atoms with E-state index in [4.69, 9.17) is 5.11 Å². The fourth-order valence-corrected chi connectivity index (χ4v) is 2.08. The van der Waals surface area contributed by atoms with Gasteiger partial charge in [-0.1, -0.05) is 11.8 Å². The number of halogens is 2. The number of rotatable bonds is 7. The quantitative estimate of drug-likeness (QED) is 0.613. The summed E-state index contributed by atoms with van der Waals surface area (Å²) in [6, 6.07) is 3.99. The number of hydrogen-bond donors (Lipinski definition) is 3. The van der Waals surface area contributed by atoms with Crippen molar-refractivity contribution in [1.29, 1.82) is 0 Å². The van der Waals surface area contributed by atoms with Crippen LogP contribution in [0.1, 0.15) is 42.6 Å². The van der Waals surface area contributed by atoms with E-state index < -0.39 is 35.7 Å². The summed E-state index contributed by atoms with van der Waals surface area (Å²) in [5.41, 5.74) is -2.09. The van der Waals surface area contributed by atoms with Gasteiger partial charge in [-0.25, -0.2) is 8.78 Å². The van der Waals surface area contributed by atoms with E-state index in [1.54, 1.807) is 0 Å². The molecular formula is C20H19F2NO5. The van der Waals surface area contributed by atoms with E-state index >= 15 is 0 Å². The molecule has 1 aromatic carbocycles. The summed E-state index contributed by atoms with van der Waals surface area (Å²) in [7, 11) is 0. The maximum absolute atomic E-state index is 13.0. The Bertz CT molecular complexity index is 855. The maximum atomic E-state index is 13.0. The van der Waals surface area contributed by atoms with E-state index in [1.807, 2.05) is 0 Å². The van der Waals surface area contributed by atoms with Crippen molar-refractivity contribution in [3.63, 3.8) is 0 Å². The Hall–Kier alpha value is -3.23. The SMILES string of the molecule is CC(=O)[C@@H](NC(=O)c1ccc(C#CC#CCCC(=O)O)cc1)[C@](C)(O)C(F)F. The number of ketones is 1. The topological polar surface area (TPSA) is 104 Å². The second-order valence-electron chi connectivity index (χ2n) is 6.07. The van der Waals surface area contributed by atoms with Crippen molar-refractivity contribution in [3.8, 4) is 23.7 Å². The third kappa shape index (κ3) is 6.82. The van der Waals surface area contributed by atoms with Gasteiger partial charge >= 0.3 is 5.97 Å². The highest BCUT2D eigenvalue weighted by Gasteiger charge is 2.44. The van der Waals surface area contributed by atoms with Crippen molar-refractivity contribution in [3.05, 3.63) is 35.4 Å². The Morgan fingerprint density at radius 2 is 1.79 bits per heavy atom. The molecule has 1 aromatic rings. The van der Waals surface area contributed by atoms with Crippen LogP contribution in [0.25, 0.3) is 0 Å². The van der Waals surface area contributed by atoms with Crippen molar-refractivity contribution in [2.24, 2.45) is 0 Å². The Labute approximate surface area is 160 Å². The first-order valence-electron chi connectivity index (χ1n) is 8.18. The van der Waals surface area contributed by atoms with Gasteiger partial charge in [0, 0.05) is 17.5 Å². The Balaban J connectivity index is 2.81. The second-order valence-corrected chi connectivity index (χ2v) is 6.07. The molecule has 0 saturated carbocycles. The van der Waals surface area contributed by atoms with Crippen LogP contribution in [0.3, 0.4) is 0 Å². The molecule has 0 fully saturated rings. The monoisotopic (exact) mass is 391 g/mol. The van der Waals surface area contributed by atoms with E-state index in [-0.39, 0.29) is 18.4 Å². The third-order valence-corrected chi connectivity index (χ3v) is 3.68. The lowest BCUT2D eigenvalue weighted by molar-refractivity contribution is -0.138. The van der Waals surface area contributed by atoms with Crippen LogP contribution >= 0.6 is 0 Å². The van der Waals surface area contributed by atoms with Gasteiger partial charge in [0.15, 0.2) is 5.78 Å². The summed E-state index contributed by atoms with van der Waals surface area (Å²) in [5.74, 6) is 7.78. The summed E-state index contributed by atoms with van der Waals surface area (Å²) < 4.78 is 25.9.